The molecule has 1 aromatic heterocycles. The van der Waals surface area contributed by atoms with Crippen molar-refractivity contribution in [1.82, 2.24) is 19.9 Å². The molecule has 1 N–H and O–H groups in total. The van der Waals surface area contributed by atoms with E-state index in [2.05, 4.69) is 32.2 Å². The number of nitrogens with one attached hydrogen (secondary N) is 1. The van der Waals surface area contributed by atoms with Crippen molar-refractivity contribution in [2.75, 3.05) is 25.5 Å². The zero-order valence-corrected chi connectivity index (χ0v) is 18.3. The van der Waals surface area contributed by atoms with Gasteiger partial charge in [-0.25, -0.2) is 4.98 Å². The van der Waals surface area contributed by atoms with Crippen molar-refractivity contribution >= 4 is 64.0 Å². The molecule has 5 nitrogen and oxygen atoms in total. The number of likely N-dealkylation sites (N-methyl/N-ethyl adjacent to an activating group) is 1. The molecule has 1 unspecified atom stereocenters. The van der Waals surface area contributed by atoms with E-state index in [9.17, 15) is 0 Å². The van der Waals surface area contributed by atoms with E-state index in [1.54, 1.807) is 18.2 Å². The van der Waals surface area contributed by atoms with E-state index >= 15 is 0 Å². The first-order chi connectivity index (χ1) is 12.7. The summed E-state index contributed by atoms with van der Waals surface area (Å²) in [6.45, 7) is 1.78. The molecule has 0 spiro atoms. The van der Waals surface area contributed by atoms with Gasteiger partial charge in [-0.3, -0.25) is 0 Å². The fourth-order valence-electron chi connectivity index (χ4n) is 2.96. The largest absolute Gasteiger partial charge is 0.353 e. The maximum Gasteiger partial charge on any atom is 0.250 e. The summed E-state index contributed by atoms with van der Waals surface area (Å²) < 4.78 is -1.77. The lowest BCUT2D eigenvalue weighted by molar-refractivity contribution is 0.194. The van der Waals surface area contributed by atoms with Gasteiger partial charge in [0.1, 0.15) is 0 Å². The van der Waals surface area contributed by atoms with Gasteiger partial charge in [-0.1, -0.05) is 64.4 Å². The third-order valence-corrected chi connectivity index (χ3v) is 5.73. The van der Waals surface area contributed by atoms with Crippen LogP contribution in [0.1, 0.15) is 25.1 Å². The number of hydrogen-bond acceptors (Lipinski definition) is 5. The quantitative estimate of drug-likeness (QED) is 0.594. The van der Waals surface area contributed by atoms with Gasteiger partial charge in [0.25, 0.3) is 0 Å². The molecule has 2 aromatic rings. The van der Waals surface area contributed by atoms with Crippen molar-refractivity contribution in [3.8, 4) is 11.4 Å². The SMILES string of the molecule is CN1CCCCC1CNc1nc(-c2ccc(Cl)c(Cl)c2)nc(C(Cl)(Cl)Cl)n1. The number of nitrogens with zero attached hydrogens (tertiary/aromatic N) is 4. The van der Waals surface area contributed by atoms with Crippen LogP contribution >= 0.6 is 58.0 Å². The smallest absolute Gasteiger partial charge is 0.250 e. The van der Waals surface area contributed by atoms with Gasteiger partial charge in [0.05, 0.1) is 10.0 Å². The molecule has 1 atom stereocenters. The van der Waals surface area contributed by atoms with Gasteiger partial charge in [0, 0.05) is 18.2 Å². The van der Waals surface area contributed by atoms with Gasteiger partial charge in [0.15, 0.2) is 11.6 Å². The summed E-state index contributed by atoms with van der Waals surface area (Å²) in [5.41, 5.74) is 0.653. The van der Waals surface area contributed by atoms with E-state index in [1.165, 1.54) is 12.8 Å². The number of piperidine rings is 1. The maximum absolute atomic E-state index is 6.11. The molecule has 3 rings (SSSR count). The standard InChI is InChI=1S/C17H18Cl5N5/c1-27-7-3-2-4-11(27)9-23-16-25-14(24-15(26-16)17(20,21)22)10-5-6-12(18)13(19)8-10/h5-6,8,11H,2-4,7,9H2,1H3,(H,23,24,25,26). The van der Waals surface area contributed by atoms with Gasteiger partial charge in [0.2, 0.25) is 9.74 Å². The second-order valence-electron chi connectivity index (χ2n) is 6.44. The molecule has 2 heterocycles. The normalized spacial score (nSPS) is 18.5. The number of anilines is 1. The number of likely N-dealkylation sites (tertiary alicyclic amines) is 1. The molecule has 0 amide bonds. The van der Waals surface area contributed by atoms with E-state index in [1.807, 2.05) is 0 Å². The Bertz CT molecular complexity index is 811. The topological polar surface area (TPSA) is 53.9 Å². The lowest BCUT2D eigenvalue weighted by Crippen LogP contribution is -2.41. The van der Waals surface area contributed by atoms with Gasteiger partial charge in [-0.2, -0.15) is 9.97 Å². The highest BCUT2D eigenvalue weighted by Crippen LogP contribution is 2.37. The van der Waals surface area contributed by atoms with Crippen LogP contribution in [0, 0.1) is 0 Å². The molecule has 1 aromatic carbocycles. The van der Waals surface area contributed by atoms with Crippen LogP contribution in [0.3, 0.4) is 0 Å². The Morgan fingerprint density at radius 1 is 1.11 bits per heavy atom. The Labute approximate surface area is 183 Å². The van der Waals surface area contributed by atoms with Crippen LogP contribution in [0.5, 0.6) is 0 Å². The number of benzene rings is 1. The minimum absolute atomic E-state index is 0.0445. The van der Waals surface area contributed by atoms with Gasteiger partial charge >= 0.3 is 0 Å². The Morgan fingerprint density at radius 2 is 1.89 bits per heavy atom. The minimum atomic E-state index is -1.77. The average molecular weight is 470 g/mol. The summed E-state index contributed by atoms with van der Waals surface area (Å²) in [6.07, 6.45) is 3.55. The van der Waals surface area contributed by atoms with Crippen molar-refractivity contribution in [3.63, 3.8) is 0 Å². The first kappa shape index (κ1) is 21.2. The fourth-order valence-corrected chi connectivity index (χ4v) is 3.51. The number of alkyl halides is 3. The monoisotopic (exact) mass is 467 g/mol. The third kappa shape index (κ3) is 5.49. The van der Waals surface area contributed by atoms with Crippen LogP contribution < -0.4 is 5.32 Å². The van der Waals surface area contributed by atoms with Crippen molar-refractivity contribution < 1.29 is 0 Å². The van der Waals surface area contributed by atoms with Crippen LogP contribution in [0.2, 0.25) is 10.0 Å². The van der Waals surface area contributed by atoms with Crippen LogP contribution in [0.4, 0.5) is 5.95 Å². The van der Waals surface area contributed by atoms with Crippen LogP contribution in [-0.4, -0.2) is 46.0 Å². The molecule has 1 aliphatic rings. The van der Waals surface area contributed by atoms with Gasteiger partial charge < -0.3 is 10.2 Å². The first-order valence-corrected chi connectivity index (χ1v) is 10.4. The van der Waals surface area contributed by atoms with Crippen molar-refractivity contribution in [3.05, 3.63) is 34.1 Å². The maximum atomic E-state index is 6.11. The molecular weight excluding hydrogens is 451 g/mol. The van der Waals surface area contributed by atoms with Crippen molar-refractivity contribution in [2.24, 2.45) is 0 Å². The number of aromatic nitrogens is 3. The van der Waals surface area contributed by atoms with E-state index in [-0.39, 0.29) is 5.82 Å². The summed E-state index contributed by atoms with van der Waals surface area (Å²) in [7, 11) is 2.12. The Morgan fingerprint density at radius 3 is 2.56 bits per heavy atom. The third-order valence-electron chi connectivity index (χ3n) is 4.48. The molecule has 0 bridgehead atoms. The minimum Gasteiger partial charge on any atom is -0.353 e. The van der Waals surface area contributed by atoms with Gasteiger partial charge in [-0.05, 0) is 44.6 Å². The first-order valence-electron chi connectivity index (χ1n) is 8.47. The highest BCUT2D eigenvalue weighted by molar-refractivity contribution is 6.66. The zero-order valence-electron chi connectivity index (χ0n) is 14.5. The van der Waals surface area contributed by atoms with E-state index < -0.39 is 3.79 Å². The highest BCUT2D eigenvalue weighted by Gasteiger charge is 2.29. The summed E-state index contributed by atoms with van der Waals surface area (Å²) in [5, 5.41) is 4.09. The molecular formula is C17H18Cl5N5. The predicted octanol–water partition coefficient (Wildman–Crippen LogP) is 5.57. The molecule has 0 radical (unpaired) electrons. The summed E-state index contributed by atoms with van der Waals surface area (Å²) in [4.78, 5) is 15.4. The molecule has 1 aliphatic heterocycles. The number of halogens is 5. The van der Waals surface area contributed by atoms with Crippen molar-refractivity contribution in [1.29, 1.82) is 0 Å². The van der Waals surface area contributed by atoms with E-state index in [0.717, 1.165) is 13.0 Å². The zero-order chi connectivity index (χ0) is 19.6. The van der Waals surface area contributed by atoms with Crippen molar-refractivity contribution in [2.45, 2.75) is 29.1 Å². The van der Waals surface area contributed by atoms with Crippen LogP contribution in [0.15, 0.2) is 18.2 Å². The highest BCUT2D eigenvalue weighted by atomic mass is 35.6. The molecule has 0 saturated carbocycles. The number of rotatable bonds is 4. The fraction of sp³-hybridized carbons (Fsp3) is 0.471. The molecule has 0 aliphatic carbocycles. The van der Waals surface area contributed by atoms with Crippen LogP contribution in [0.25, 0.3) is 11.4 Å². The lowest BCUT2D eigenvalue weighted by atomic mass is 10.0. The molecule has 1 fully saturated rings. The molecule has 146 valence electrons. The predicted molar refractivity (Wildman–Crippen MR) is 113 cm³/mol. The Hall–Kier alpha value is -0.560. The Kier molecular flexibility index (Phi) is 6.93. The second-order valence-corrected chi connectivity index (χ2v) is 9.54. The molecule has 1 saturated heterocycles. The average Bonchev–Trinajstić information content (AvgIpc) is 2.62. The lowest BCUT2D eigenvalue weighted by Gasteiger charge is -2.32. The van der Waals surface area contributed by atoms with Gasteiger partial charge in [-0.15, -0.1) is 0 Å². The Balaban J connectivity index is 1.89. The second kappa shape index (κ2) is 8.85. The van der Waals surface area contributed by atoms with Crippen LogP contribution in [-0.2, 0) is 3.79 Å². The summed E-state index contributed by atoms with van der Waals surface area (Å²) in [6, 6.07) is 5.49. The summed E-state index contributed by atoms with van der Waals surface area (Å²) >= 11 is 30.1. The van der Waals surface area contributed by atoms with E-state index in [4.69, 9.17) is 58.0 Å². The number of hydrogen-bond donors (Lipinski definition) is 1. The molecule has 10 heteroatoms. The van der Waals surface area contributed by atoms with E-state index in [0.29, 0.717) is 40.0 Å². The molecule has 27 heavy (non-hydrogen) atoms. The summed E-state index contributed by atoms with van der Waals surface area (Å²) in [5.74, 6) is 0.749.